The number of ether oxygens (including phenoxy) is 2. The lowest BCUT2D eigenvalue weighted by Crippen LogP contribution is -2.25. The molecule has 0 saturated heterocycles. The number of hydrogen-bond donors (Lipinski definition) is 0. The second-order valence-electron chi connectivity index (χ2n) is 18.7. The third kappa shape index (κ3) is 5.28. The molecule has 0 unspecified atom stereocenters. The largest absolute Gasteiger partial charge is 0.449 e. The average Bonchev–Trinajstić information content (AvgIpc) is 3.95. The monoisotopic (exact) mass is 857 g/mol. The van der Waals surface area contributed by atoms with Crippen LogP contribution in [0.3, 0.4) is 0 Å². The van der Waals surface area contributed by atoms with Crippen molar-refractivity contribution < 1.29 is 9.47 Å². The zero-order valence-electron chi connectivity index (χ0n) is 37.1. The van der Waals surface area contributed by atoms with Gasteiger partial charge in [-0.2, -0.15) is 0 Å². The Morgan fingerprint density at radius 2 is 0.836 bits per heavy atom. The topological polar surface area (TPSA) is 21.7 Å². The maximum absolute atomic E-state index is 7.26. The molecule has 10 aromatic carbocycles. The molecule has 0 saturated carbocycles. The molecule has 0 N–H and O–H groups in total. The Morgan fingerprint density at radius 1 is 0.328 bits per heavy atom. The van der Waals surface area contributed by atoms with E-state index in [9.17, 15) is 0 Å². The molecule has 0 aromatic heterocycles. The van der Waals surface area contributed by atoms with E-state index in [2.05, 4.69) is 237 Å². The minimum Gasteiger partial charge on any atom is -0.449 e. The van der Waals surface area contributed by atoms with Gasteiger partial charge >= 0.3 is 0 Å². The van der Waals surface area contributed by atoms with E-state index in [4.69, 9.17) is 9.47 Å². The van der Waals surface area contributed by atoms with Gasteiger partial charge in [-0.05, 0) is 132 Å². The second kappa shape index (κ2) is 14.1. The fourth-order valence-corrected chi connectivity index (χ4v) is 12.0. The Morgan fingerprint density at radius 3 is 1.54 bits per heavy atom. The predicted molar refractivity (Wildman–Crippen MR) is 272 cm³/mol. The summed E-state index contributed by atoms with van der Waals surface area (Å²) in [5.41, 5.74) is 22.0. The molecule has 10 aromatic rings. The minimum absolute atomic E-state index is 0.244. The van der Waals surface area contributed by atoms with Gasteiger partial charge in [0, 0.05) is 22.4 Å². The van der Waals surface area contributed by atoms with Gasteiger partial charge in [0.25, 0.3) is 0 Å². The van der Waals surface area contributed by atoms with E-state index < -0.39 is 5.41 Å². The molecule has 0 radical (unpaired) electrons. The van der Waals surface area contributed by atoms with Gasteiger partial charge in [0.2, 0.25) is 0 Å². The van der Waals surface area contributed by atoms with Crippen molar-refractivity contribution in [3.05, 3.63) is 258 Å². The van der Waals surface area contributed by atoms with Crippen LogP contribution in [0.5, 0.6) is 23.0 Å². The van der Waals surface area contributed by atoms with Crippen LogP contribution in [0.15, 0.2) is 224 Å². The first-order valence-corrected chi connectivity index (χ1v) is 23.2. The third-order valence-electron chi connectivity index (χ3n) is 14.9. The van der Waals surface area contributed by atoms with Gasteiger partial charge in [0.15, 0.2) is 23.0 Å². The van der Waals surface area contributed by atoms with E-state index in [0.717, 1.165) is 39.5 Å². The Balaban J connectivity index is 0.927. The van der Waals surface area contributed by atoms with Crippen molar-refractivity contribution in [1.82, 2.24) is 0 Å². The number of fused-ring (bicyclic) bond motifs is 16. The molecular formula is C64H43NO2. The van der Waals surface area contributed by atoms with Crippen molar-refractivity contribution in [3.63, 3.8) is 0 Å². The minimum atomic E-state index is -0.482. The normalized spacial score (nSPS) is 14.3. The molecule has 14 rings (SSSR count). The van der Waals surface area contributed by atoms with Crippen molar-refractivity contribution in [2.45, 2.75) is 24.7 Å². The van der Waals surface area contributed by atoms with Crippen LogP contribution in [-0.2, 0) is 10.8 Å². The summed E-state index contributed by atoms with van der Waals surface area (Å²) < 4.78 is 14.5. The fraction of sp³-hybridized carbons (Fsp3) is 0.0625. The zero-order valence-corrected chi connectivity index (χ0v) is 37.1. The number of nitrogens with zero attached hydrogens (tertiary/aromatic N) is 1. The summed E-state index contributed by atoms with van der Waals surface area (Å²) in [6.07, 6.45) is 0. The number of benzene rings is 10. The van der Waals surface area contributed by atoms with Gasteiger partial charge in [0.1, 0.15) is 0 Å². The van der Waals surface area contributed by atoms with Gasteiger partial charge in [-0.15, -0.1) is 0 Å². The summed E-state index contributed by atoms with van der Waals surface area (Å²) in [5.74, 6) is 2.80. The summed E-state index contributed by atoms with van der Waals surface area (Å²) in [4.78, 5) is 2.35. The lowest BCUT2D eigenvalue weighted by atomic mass is 9.70. The first-order chi connectivity index (χ1) is 33.0. The van der Waals surface area contributed by atoms with Crippen molar-refractivity contribution in [2.75, 3.05) is 4.90 Å². The molecule has 67 heavy (non-hydrogen) atoms. The molecule has 0 atom stereocenters. The van der Waals surface area contributed by atoms with Crippen molar-refractivity contribution >= 4 is 17.1 Å². The highest BCUT2D eigenvalue weighted by atomic mass is 16.6. The predicted octanol–water partition coefficient (Wildman–Crippen LogP) is 17.0. The van der Waals surface area contributed by atoms with Crippen LogP contribution in [-0.4, -0.2) is 0 Å². The van der Waals surface area contributed by atoms with Crippen molar-refractivity contribution in [2.24, 2.45) is 0 Å². The molecule has 1 spiro atoms. The summed E-state index contributed by atoms with van der Waals surface area (Å²) >= 11 is 0. The van der Waals surface area contributed by atoms with Crippen molar-refractivity contribution in [1.29, 1.82) is 0 Å². The number of rotatable bonds is 5. The summed E-state index contributed by atoms with van der Waals surface area (Å²) in [5, 5.41) is 0. The molecule has 0 fully saturated rings. The molecule has 0 amide bonds. The van der Waals surface area contributed by atoms with E-state index in [1.165, 1.54) is 72.3 Å². The second-order valence-corrected chi connectivity index (χ2v) is 18.7. The Labute approximate surface area is 390 Å². The molecule has 0 bridgehead atoms. The smallest absolute Gasteiger partial charge is 0.194 e. The zero-order chi connectivity index (χ0) is 44.4. The average molecular weight is 858 g/mol. The van der Waals surface area contributed by atoms with Crippen LogP contribution in [0.2, 0.25) is 0 Å². The Kier molecular flexibility index (Phi) is 7.95. The van der Waals surface area contributed by atoms with Gasteiger partial charge in [-0.25, -0.2) is 0 Å². The molecule has 3 heteroatoms. The van der Waals surface area contributed by atoms with Crippen molar-refractivity contribution in [3.8, 4) is 78.6 Å². The molecule has 4 aliphatic rings. The summed E-state index contributed by atoms with van der Waals surface area (Å²) in [6, 6.07) is 81.4. The molecule has 316 valence electrons. The van der Waals surface area contributed by atoms with E-state index in [1.807, 2.05) is 6.07 Å². The van der Waals surface area contributed by atoms with Crippen LogP contribution in [0.1, 0.15) is 47.2 Å². The van der Waals surface area contributed by atoms with Gasteiger partial charge in [0.05, 0.1) is 11.1 Å². The fourth-order valence-electron chi connectivity index (χ4n) is 12.0. The van der Waals surface area contributed by atoms with Crippen LogP contribution in [0.25, 0.3) is 55.6 Å². The Bertz CT molecular complexity index is 3630. The lowest BCUT2D eigenvalue weighted by molar-refractivity contribution is 0.361. The quantitative estimate of drug-likeness (QED) is 0.172. The molecule has 1 heterocycles. The molecule has 3 nitrogen and oxygen atoms in total. The highest BCUT2D eigenvalue weighted by molar-refractivity contribution is 5.98. The molecular weight excluding hydrogens is 815 g/mol. The van der Waals surface area contributed by atoms with Crippen LogP contribution < -0.4 is 14.4 Å². The standard InChI is InChI=1S/C64H43NO2/c1-63(2)55-38-43(41-19-7-4-8-20-41)31-33-48(55)49-34-32-45(39-56(49)63)65(44-22-15-21-42(37-44)40-17-5-3-6-18-40)57-29-16-30-58-61(57)66-59-36-35-54-60(62(59)67-58)50-25-11-14-28-53(50)64(54)51-26-12-9-23-46(51)47-24-10-13-27-52(47)64/h3-39H,1-2H3. The highest BCUT2D eigenvalue weighted by Gasteiger charge is 2.53. The number of para-hydroxylation sites is 1. The highest BCUT2D eigenvalue weighted by Crippen LogP contribution is 2.67. The van der Waals surface area contributed by atoms with Gasteiger partial charge in [-0.3, -0.25) is 0 Å². The lowest BCUT2D eigenvalue weighted by Gasteiger charge is -2.33. The number of hydrogen-bond acceptors (Lipinski definition) is 3. The van der Waals surface area contributed by atoms with Crippen LogP contribution in [0, 0.1) is 0 Å². The number of anilines is 3. The SMILES string of the molecule is CC1(C)c2cc(-c3ccccc3)ccc2-c2ccc(N(c3cccc(-c4ccccc4)c3)c3cccc4c3Oc3ccc5c(c3O4)-c3ccccc3C53c4ccccc4-c4ccccc43)cc21. The summed E-state index contributed by atoms with van der Waals surface area (Å²) in [7, 11) is 0. The molecule has 1 aliphatic heterocycles. The van der Waals surface area contributed by atoms with Gasteiger partial charge < -0.3 is 14.4 Å². The van der Waals surface area contributed by atoms with E-state index in [0.29, 0.717) is 17.2 Å². The van der Waals surface area contributed by atoms with Crippen LogP contribution >= 0.6 is 0 Å². The maximum atomic E-state index is 7.26. The third-order valence-corrected chi connectivity index (χ3v) is 14.9. The van der Waals surface area contributed by atoms with E-state index in [1.54, 1.807) is 0 Å². The first-order valence-electron chi connectivity index (χ1n) is 23.2. The summed E-state index contributed by atoms with van der Waals surface area (Å²) in [6.45, 7) is 4.72. The maximum Gasteiger partial charge on any atom is 0.194 e. The van der Waals surface area contributed by atoms with Gasteiger partial charge in [-0.1, -0.05) is 190 Å². The van der Waals surface area contributed by atoms with E-state index in [-0.39, 0.29) is 5.41 Å². The Hall–Kier alpha value is -8.40. The van der Waals surface area contributed by atoms with E-state index >= 15 is 0 Å². The van der Waals surface area contributed by atoms with Crippen LogP contribution in [0.4, 0.5) is 17.1 Å². The molecule has 3 aliphatic carbocycles. The first kappa shape index (κ1) is 37.9.